The molecule has 1 heterocycles. The van der Waals surface area contributed by atoms with E-state index < -0.39 is 0 Å². The summed E-state index contributed by atoms with van der Waals surface area (Å²) < 4.78 is 5.34. The van der Waals surface area contributed by atoms with E-state index in [4.69, 9.17) is 4.74 Å². The van der Waals surface area contributed by atoms with E-state index in [1.807, 2.05) is 19.1 Å². The lowest BCUT2D eigenvalue weighted by atomic mass is 10.0. The highest BCUT2D eigenvalue weighted by molar-refractivity contribution is 5.95. The van der Waals surface area contributed by atoms with E-state index in [1.165, 1.54) is 5.56 Å². The van der Waals surface area contributed by atoms with Crippen LogP contribution in [0.1, 0.15) is 23.7 Å². The smallest absolute Gasteiger partial charge is 0.142 e. The number of carbonyl (C=O) groups excluding carboxylic acids is 1. The minimum Gasteiger partial charge on any atom is -0.495 e. The molecule has 0 amide bonds. The highest BCUT2D eigenvalue weighted by Crippen LogP contribution is 2.32. The molecule has 0 radical (unpaired) electrons. The molecule has 0 unspecified atom stereocenters. The molecule has 0 spiro atoms. The second-order valence-corrected chi connectivity index (χ2v) is 4.44. The van der Waals surface area contributed by atoms with Gasteiger partial charge in [0.1, 0.15) is 11.5 Å². The predicted molar refractivity (Wildman–Crippen MR) is 68.7 cm³/mol. The number of ether oxygens (including phenoxy) is 1. The van der Waals surface area contributed by atoms with Crippen LogP contribution >= 0.6 is 0 Å². The maximum Gasteiger partial charge on any atom is 0.142 e. The maximum atomic E-state index is 11.3. The first-order chi connectivity index (χ1) is 8.04. The van der Waals surface area contributed by atoms with E-state index in [2.05, 4.69) is 11.9 Å². The molecule has 17 heavy (non-hydrogen) atoms. The first-order valence-electron chi connectivity index (χ1n) is 5.68. The first kappa shape index (κ1) is 11.7. The average Bonchev–Trinajstić information content (AvgIpc) is 2.57. The summed E-state index contributed by atoms with van der Waals surface area (Å²) in [6.07, 6.45) is 0.472. The summed E-state index contributed by atoms with van der Waals surface area (Å²) in [6, 6.07) is 3.98. The van der Waals surface area contributed by atoms with E-state index in [9.17, 15) is 4.79 Å². The van der Waals surface area contributed by atoms with Gasteiger partial charge in [-0.1, -0.05) is 6.07 Å². The third kappa shape index (κ3) is 1.93. The Labute approximate surface area is 101 Å². The molecule has 1 aromatic heterocycles. The molecule has 0 saturated heterocycles. The summed E-state index contributed by atoms with van der Waals surface area (Å²) in [6.45, 7) is 5.67. The van der Waals surface area contributed by atoms with Gasteiger partial charge in [0.25, 0.3) is 0 Å². The number of hydrogen-bond acceptors (Lipinski definition) is 2. The SMILES string of the molecule is COc1ccc(C)c2c(CC(C)=O)c(C)[nH]c12. The van der Waals surface area contributed by atoms with Crippen molar-refractivity contribution in [2.75, 3.05) is 7.11 Å². The van der Waals surface area contributed by atoms with E-state index in [1.54, 1.807) is 14.0 Å². The van der Waals surface area contributed by atoms with Crippen LogP contribution in [0.4, 0.5) is 0 Å². The van der Waals surface area contributed by atoms with Crippen molar-refractivity contribution in [3.8, 4) is 5.75 Å². The zero-order valence-electron chi connectivity index (χ0n) is 10.7. The molecule has 1 N–H and O–H groups in total. The molecular weight excluding hydrogens is 214 g/mol. The summed E-state index contributed by atoms with van der Waals surface area (Å²) in [5, 5.41) is 1.12. The lowest BCUT2D eigenvalue weighted by Gasteiger charge is -2.05. The second kappa shape index (κ2) is 4.24. The highest BCUT2D eigenvalue weighted by Gasteiger charge is 2.15. The Morgan fingerprint density at radius 2 is 2.06 bits per heavy atom. The molecule has 3 heteroatoms. The monoisotopic (exact) mass is 231 g/mol. The molecule has 0 aliphatic carbocycles. The number of nitrogens with one attached hydrogen (secondary N) is 1. The third-order valence-corrected chi connectivity index (χ3v) is 3.09. The predicted octanol–water partition coefficient (Wildman–Crippen LogP) is 2.92. The Balaban J connectivity index is 2.75. The minimum atomic E-state index is 0.177. The van der Waals surface area contributed by atoms with Crippen molar-refractivity contribution >= 4 is 16.7 Å². The van der Waals surface area contributed by atoms with Gasteiger partial charge < -0.3 is 9.72 Å². The Morgan fingerprint density at radius 3 is 2.65 bits per heavy atom. The number of aryl methyl sites for hydroxylation is 2. The van der Waals surface area contributed by atoms with Crippen LogP contribution in [0, 0.1) is 13.8 Å². The number of fused-ring (bicyclic) bond motifs is 1. The van der Waals surface area contributed by atoms with Gasteiger partial charge in [-0.05, 0) is 38.0 Å². The fourth-order valence-electron chi connectivity index (χ4n) is 2.29. The molecular formula is C14H17NO2. The molecule has 0 fully saturated rings. The number of ketones is 1. The lowest BCUT2D eigenvalue weighted by molar-refractivity contribution is -0.116. The summed E-state index contributed by atoms with van der Waals surface area (Å²) >= 11 is 0. The minimum absolute atomic E-state index is 0.177. The molecule has 3 nitrogen and oxygen atoms in total. The van der Waals surface area contributed by atoms with Crippen LogP contribution in [0.5, 0.6) is 5.75 Å². The van der Waals surface area contributed by atoms with Gasteiger partial charge in [-0.3, -0.25) is 4.79 Å². The van der Waals surface area contributed by atoms with Gasteiger partial charge in [0.15, 0.2) is 0 Å². The van der Waals surface area contributed by atoms with E-state index in [-0.39, 0.29) is 5.78 Å². The Bertz CT molecular complexity index is 581. The van der Waals surface area contributed by atoms with E-state index in [0.29, 0.717) is 6.42 Å². The average molecular weight is 231 g/mol. The molecule has 0 saturated carbocycles. The molecule has 0 aliphatic rings. The summed E-state index contributed by atoms with van der Waals surface area (Å²) in [5.41, 5.74) is 4.29. The van der Waals surface area contributed by atoms with Gasteiger partial charge in [-0.25, -0.2) is 0 Å². The van der Waals surface area contributed by atoms with Crippen molar-refractivity contribution in [2.45, 2.75) is 27.2 Å². The summed E-state index contributed by atoms with van der Waals surface area (Å²) in [7, 11) is 1.66. The van der Waals surface area contributed by atoms with Crippen LogP contribution in [0.3, 0.4) is 0 Å². The van der Waals surface area contributed by atoms with Crippen molar-refractivity contribution in [3.05, 3.63) is 29.0 Å². The van der Waals surface area contributed by atoms with Crippen molar-refractivity contribution in [1.29, 1.82) is 0 Å². The van der Waals surface area contributed by atoms with Gasteiger partial charge in [0.2, 0.25) is 0 Å². The first-order valence-corrected chi connectivity index (χ1v) is 5.68. The fraction of sp³-hybridized carbons (Fsp3) is 0.357. The van der Waals surface area contributed by atoms with E-state index in [0.717, 1.165) is 27.9 Å². The van der Waals surface area contributed by atoms with Gasteiger partial charge in [0, 0.05) is 17.5 Å². The van der Waals surface area contributed by atoms with Crippen molar-refractivity contribution in [2.24, 2.45) is 0 Å². The quantitative estimate of drug-likeness (QED) is 0.882. The number of aromatic nitrogens is 1. The number of aromatic amines is 1. The number of hydrogen-bond donors (Lipinski definition) is 1. The molecule has 0 bridgehead atoms. The van der Waals surface area contributed by atoms with Gasteiger partial charge >= 0.3 is 0 Å². The maximum absolute atomic E-state index is 11.3. The summed E-state index contributed by atoms with van der Waals surface area (Å²) in [5.74, 6) is 1.000. The third-order valence-electron chi connectivity index (χ3n) is 3.09. The highest BCUT2D eigenvalue weighted by atomic mass is 16.5. The van der Waals surface area contributed by atoms with E-state index >= 15 is 0 Å². The van der Waals surface area contributed by atoms with Crippen LogP contribution < -0.4 is 4.74 Å². The Kier molecular flexibility index (Phi) is 2.92. The molecule has 2 rings (SSSR count). The zero-order chi connectivity index (χ0) is 12.6. The van der Waals surface area contributed by atoms with Gasteiger partial charge in [0.05, 0.1) is 12.6 Å². The normalized spacial score (nSPS) is 10.8. The number of H-pyrrole nitrogens is 1. The molecule has 0 aliphatic heterocycles. The van der Waals surface area contributed by atoms with Crippen LogP contribution in [0.15, 0.2) is 12.1 Å². The van der Waals surface area contributed by atoms with Crippen LogP contribution in [0.25, 0.3) is 10.9 Å². The standard InChI is InChI=1S/C14H17NO2/c1-8-5-6-12(17-4)14-13(8)11(7-9(2)16)10(3)15-14/h5-6,15H,7H2,1-4H3. The van der Waals surface area contributed by atoms with Crippen LogP contribution in [-0.4, -0.2) is 17.9 Å². The van der Waals surface area contributed by atoms with Crippen molar-refractivity contribution in [3.63, 3.8) is 0 Å². The lowest BCUT2D eigenvalue weighted by Crippen LogP contribution is -1.97. The van der Waals surface area contributed by atoms with Crippen LogP contribution in [-0.2, 0) is 11.2 Å². The summed E-state index contributed by atoms with van der Waals surface area (Å²) in [4.78, 5) is 14.6. The molecule has 1 aromatic carbocycles. The van der Waals surface area contributed by atoms with Crippen molar-refractivity contribution < 1.29 is 9.53 Å². The molecule has 2 aromatic rings. The Hall–Kier alpha value is -1.77. The Morgan fingerprint density at radius 1 is 1.35 bits per heavy atom. The number of benzene rings is 1. The number of carbonyl (C=O) groups is 1. The topological polar surface area (TPSA) is 42.1 Å². The number of rotatable bonds is 3. The van der Waals surface area contributed by atoms with Gasteiger partial charge in [-0.2, -0.15) is 0 Å². The fourth-order valence-corrected chi connectivity index (χ4v) is 2.29. The zero-order valence-corrected chi connectivity index (χ0v) is 10.7. The number of Topliss-reactive ketones (excluding diaryl/α,β-unsaturated/α-hetero) is 1. The van der Waals surface area contributed by atoms with Gasteiger partial charge in [-0.15, -0.1) is 0 Å². The largest absolute Gasteiger partial charge is 0.495 e. The van der Waals surface area contributed by atoms with Crippen molar-refractivity contribution in [1.82, 2.24) is 4.98 Å². The second-order valence-electron chi connectivity index (χ2n) is 4.44. The molecule has 90 valence electrons. The van der Waals surface area contributed by atoms with Crippen LogP contribution in [0.2, 0.25) is 0 Å². The number of methoxy groups -OCH3 is 1. The molecule has 0 atom stereocenters.